The topological polar surface area (TPSA) is 73.8 Å². The van der Waals surface area contributed by atoms with Gasteiger partial charge < -0.3 is 13.7 Å². The fraction of sp³-hybridized carbons (Fsp3) is 0.278. The van der Waals surface area contributed by atoms with Crippen molar-refractivity contribution < 1.29 is 18.7 Å². The molecule has 0 unspecified atom stereocenters. The number of nitrogens with zero attached hydrogens (tertiary/aromatic N) is 2. The summed E-state index contributed by atoms with van der Waals surface area (Å²) in [5.74, 6) is -0.534. The summed E-state index contributed by atoms with van der Waals surface area (Å²) < 4.78 is 13.0. The molecule has 7 heteroatoms. The molecule has 0 saturated carbocycles. The van der Waals surface area contributed by atoms with Crippen LogP contribution in [0.4, 0.5) is 0 Å². The molecule has 0 radical (unpaired) electrons. The maximum absolute atomic E-state index is 12.3. The minimum Gasteiger partial charge on any atom is -0.466 e. The fourth-order valence-electron chi connectivity index (χ4n) is 2.46. The zero-order valence-electron chi connectivity index (χ0n) is 14.0. The summed E-state index contributed by atoms with van der Waals surface area (Å²) >= 11 is 1.41. The zero-order valence-corrected chi connectivity index (χ0v) is 14.8. The van der Waals surface area contributed by atoms with Crippen molar-refractivity contribution in [2.75, 3.05) is 6.61 Å². The van der Waals surface area contributed by atoms with Crippen LogP contribution in [0.5, 0.6) is 0 Å². The van der Waals surface area contributed by atoms with Gasteiger partial charge in [-0.1, -0.05) is 17.4 Å². The van der Waals surface area contributed by atoms with Gasteiger partial charge in [-0.15, -0.1) is 0 Å². The van der Waals surface area contributed by atoms with E-state index in [9.17, 15) is 9.59 Å². The number of ether oxygens (including phenoxy) is 1. The third-order valence-electron chi connectivity index (χ3n) is 3.61. The maximum atomic E-state index is 12.3. The molecule has 0 aliphatic carbocycles. The Morgan fingerprint density at radius 2 is 2.16 bits per heavy atom. The molecule has 6 nitrogen and oxygen atoms in total. The predicted octanol–water partition coefficient (Wildman–Crippen LogP) is 3.30. The highest BCUT2D eigenvalue weighted by Crippen LogP contribution is 2.19. The number of benzene rings is 1. The lowest BCUT2D eigenvalue weighted by molar-refractivity contribution is -0.143. The number of amides is 1. The average molecular weight is 358 g/mol. The molecule has 3 rings (SSSR count). The number of thiazole rings is 1. The molecule has 2 aromatic heterocycles. The van der Waals surface area contributed by atoms with E-state index in [1.165, 1.54) is 17.6 Å². The third-order valence-corrected chi connectivity index (χ3v) is 4.65. The Labute approximate surface area is 148 Å². The van der Waals surface area contributed by atoms with Gasteiger partial charge in [-0.05, 0) is 43.7 Å². The fourth-order valence-corrected chi connectivity index (χ4v) is 3.61. The monoisotopic (exact) mass is 358 g/mol. The van der Waals surface area contributed by atoms with E-state index in [1.54, 1.807) is 19.1 Å². The van der Waals surface area contributed by atoms with Crippen LogP contribution in [-0.2, 0) is 16.1 Å². The first-order valence-corrected chi connectivity index (χ1v) is 8.78. The number of furan rings is 1. The Morgan fingerprint density at radius 3 is 2.88 bits per heavy atom. The maximum Gasteiger partial charge on any atom is 0.315 e. The number of hydrogen-bond donors (Lipinski definition) is 0. The molecule has 25 heavy (non-hydrogen) atoms. The number of carbonyl (C=O) groups is 2. The number of rotatable bonds is 5. The second-order valence-corrected chi connectivity index (χ2v) is 6.47. The Hall–Kier alpha value is -2.67. The van der Waals surface area contributed by atoms with E-state index < -0.39 is 5.91 Å². The van der Waals surface area contributed by atoms with E-state index in [2.05, 4.69) is 4.99 Å². The van der Waals surface area contributed by atoms with Gasteiger partial charge in [0, 0.05) is 6.54 Å². The molecule has 3 aromatic rings. The van der Waals surface area contributed by atoms with Gasteiger partial charge in [0.15, 0.2) is 10.6 Å². The number of hydrogen-bond acceptors (Lipinski definition) is 5. The summed E-state index contributed by atoms with van der Waals surface area (Å²) in [5, 5.41) is 0. The summed E-state index contributed by atoms with van der Waals surface area (Å²) in [7, 11) is 0. The first-order valence-electron chi connectivity index (χ1n) is 7.96. The van der Waals surface area contributed by atoms with Crippen molar-refractivity contribution in [3.05, 3.63) is 52.7 Å². The van der Waals surface area contributed by atoms with E-state index in [-0.39, 0.29) is 18.2 Å². The molecule has 0 N–H and O–H groups in total. The van der Waals surface area contributed by atoms with Crippen molar-refractivity contribution in [3.63, 3.8) is 0 Å². The van der Waals surface area contributed by atoms with Crippen LogP contribution in [-0.4, -0.2) is 23.1 Å². The molecule has 1 amide bonds. The van der Waals surface area contributed by atoms with Crippen LogP contribution >= 0.6 is 11.3 Å². The number of aromatic nitrogens is 1. The highest BCUT2D eigenvalue weighted by molar-refractivity contribution is 7.16. The standard InChI is InChI=1S/C18H18N2O4S/c1-3-23-16(21)8-9-20-13-7-6-12(2)11-15(13)25-18(20)19-17(22)14-5-4-10-24-14/h4-7,10-11H,3,8-9H2,1-2H3. The van der Waals surface area contributed by atoms with Crippen molar-refractivity contribution in [3.8, 4) is 0 Å². The van der Waals surface area contributed by atoms with Crippen LogP contribution in [0.3, 0.4) is 0 Å². The van der Waals surface area contributed by atoms with Crippen molar-refractivity contribution in [2.45, 2.75) is 26.8 Å². The normalized spacial score (nSPS) is 11.8. The Morgan fingerprint density at radius 1 is 1.32 bits per heavy atom. The minimum atomic E-state index is -0.446. The van der Waals surface area contributed by atoms with E-state index >= 15 is 0 Å². The van der Waals surface area contributed by atoms with Gasteiger partial charge in [-0.2, -0.15) is 4.99 Å². The van der Waals surface area contributed by atoms with Gasteiger partial charge in [0.05, 0.1) is 29.5 Å². The Balaban J connectivity index is 2.02. The summed E-state index contributed by atoms with van der Waals surface area (Å²) in [6.07, 6.45) is 1.65. The van der Waals surface area contributed by atoms with E-state index in [4.69, 9.17) is 9.15 Å². The second kappa shape index (κ2) is 7.48. The summed E-state index contributed by atoms with van der Waals surface area (Å²) in [6, 6.07) is 9.23. The van der Waals surface area contributed by atoms with Crippen LogP contribution in [0.1, 0.15) is 29.5 Å². The number of aryl methyl sites for hydroxylation is 2. The summed E-state index contributed by atoms with van der Waals surface area (Å²) in [4.78, 5) is 28.7. The molecule has 0 atom stereocenters. The van der Waals surface area contributed by atoms with Gasteiger partial charge in [0.1, 0.15) is 0 Å². The lowest BCUT2D eigenvalue weighted by Gasteiger charge is -2.05. The van der Waals surface area contributed by atoms with E-state index in [1.807, 2.05) is 29.7 Å². The third kappa shape index (κ3) is 3.88. The summed E-state index contributed by atoms with van der Waals surface area (Å²) in [6.45, 7) is 4.52. The Bertz CT molecular complexity index is 967. The van der Waals surface area contributed by atoms with Crippen molar-refractivity contribution in [1.82, 2.24) is 4.57 Å². The molecule has 0 aliphatic heterocycles. The van der Waals surface area contributed by atoms with Gasteiger partial charge in [-0.25, -0.2) is 0 Å². The highest BCUT2D eigenvalue weighted by atomic mass is 32.1. The van der Waals surface area contributed by atoms with Gasteiger partial charge in [-0.3, -0.25) is 9.59 Å². The highest BCUT2D eigenvalue weighted by Gasteiger charge is 2.12. The van der Waals surface area contributed by atoms with Crippen molar-refractivity contribution >= 4 is 33.4 Å². The van der Waals surface area contributed by atoms with Gasteiger partial charge in [0.2, 0.25) is 0 Å². The molecule has 2 heterocycles. The molecule has 0 saturated heterocycles. The number of esters is 1. The Kier molecular flexibility index (Phi) is 5.14. The molecular weight excluding hydrogens is 340 g/mol. The van der Waals surface area contributed by atoms with Crippen LogP contribution in [0.2, 0.25) is 0 Å². The smallest absolute Gasteiger partial charge is 0.315 e. The quantitative estimate of drug-likeness (QED) is 0.656. The minimum absolute atomic E-state index is 0.186. The molecule has 1 aromatic carbocycles. The van der Waals surface area contributed by atoms with Crippen LogP contribution < -0.4 is 4.80 Å². The lowest BCUT2D eigenvalue weighted by Crippen LogP contribution is -2.19. The van der Waals surface area contributed by atoms with Gasteiger partial charge in [0.25, 0.3) is 0 Å². The molecule has 0 bridgehead atoms. The molecule has 0 fully saturated rings. The molecule has 130 valence electrons. The largest absolute Gasteiger partial charge is 0.466 e. The van der Waals surface area contributed by atoms with Gasteiger partial charge >= 0.3 is 11.9 Å². The van der Waals surface area contributed by atoms with Crippen LogP contribution in [0.25, 0.3) is 10.2 Å². The average Bonchev–Trinajstić information content (AvgIpc) is 3.20. The van der Waals surface area contributed by atoms with Crippen molar-refractivity contribution in [2.24, 2.45) is 4.99 Å². The summed E-state index contributed by atoms with van der Waals surface area (Å²) in [5.41, 5.74) is 2.06. The predicted molar refractivity (Wildman–Crippen MR) is 94.4 cm³/mol. The van der Waals surface area contributed by atoms with Crippen molar-refractivity contribution in [1.29, 1.82) is 0 Å². The number of carbonyl (C=O) groups excluding carboxylic acids is 2. The molecule has 0 aliphatic rings. The first kappa shape index (κ1) is 17.2. The zero-order chi connectivity index (χ0) is 17.8. The van der Waals surface area contributed by atoms with E-state index in [0.29, 0.717) is 18.0 Å². The van der Waals surface area contributed by atoms with Crippen LogP contribution in [0.15, 0.2) is 46.0 Å². The lowest BCUT2D eigenvalue weighted by atomic mass is 10.2. The molecular formula is C18H18N2O4S. The second-order valence-electron chi connectivity index (χ2n) is 5.46. The van der Waals surface area contributed by atoms with Crippen LogP contribution in [0, 0.1) is 6.92 Å². The van der Waals surface area contributed by atoms with E-state index in [0.717, 1.165) is 15.8 Å². The SMILES string of the molecule is CCOC(=O)CCn1c(=NC(=O)c2ccco2)sc2cc(C)ccc21. The molecule has 0 spiro atoms. The first-order chi connectivity index (χ1) is 12.1. The number of fused-ring (bicyclic) bond motifs is 1.